The monoisotopic (exact) mass is 439 g/mol. The molecule has 0 aliphatic carbocycles. The van der Waals surface area contributed by atoms with Gasteiger partial charge in [0.1, 0.15) is 0 Å². The molecule has 0 spiro atoms. The Morgan fingerprint density at radius 3 is 2.37 bits per heavy atom. The fraction of sp³-hybridized carbons (Fsp3) is 0.333. The Morgan fingerprint density at radius 1 is 1.00 bits per heavy atom. The zero-order chi connectivity index (χ0) is 21.7. The number of carbonyl (C=O) groups is 2. The van der Waals surface area contributed by atoms with E-state index in [0.717, 1.165) is 6.07 Å². The molecule has 1 N–H and O–H groups in total. The highest BCUT2D eigenvalue weighted by Crippen LogP contribution is 2.32. The minimum absolute atomic E-state index is 0.158. The molecule has 0 atom stereocenters. The normalized spacial score (nSPS) is 15.1. The molecule has 0 unspecified atom stereocenters. The highest BCUT2D eigenvalue weighted by molar-refractivity contribution is 6.30. The number of piperazine rings is 1. The Hall–Kier alpha value is -2.58. The van der Waals surface area contributed by atoms with E-state index < -0.39 is 17.6 Å². The highest BCUT2D eigenvalue weighted by atomic mass is 35.5. The molecule has 30 heavy (non-hydrogen) atoms. The molecule has 5 nitrogen and oxygen atoms in total. The topological polar surface area (TPSA) is 52.7 Å². The van der Waals surface area contributed by atoms with Crippen molar-refractivity contribution in [2.45, 2.75) is 12.6 Å². The number of hydrogen-bond acceptors (Lipinski definition) is 3. The van der Waals surface area contributed by atoms with Crippen molar-refractivity contribution in [1.29, 1.82) is 0 Å². The number of benzene rings is 2. The van der Waals surface area contributed by atoms with E-state index in [1.54, 1.807) is 24.3 Å². The summed E-state index contributed by atoms with van der Waals surface area (Å²) >= 11 is 5.89. The molecule has 0 bridgehead atoms. The van der Waals surface area contributed by atoms with Crippen LogP contribution in [0.5, 0.6) is 0 Å². The van der Waals surface area contributed by atoms with Crippen LogP contribution in [0, 0.1) is 0 Å². The van der Waals surface area contributed by atoms with Crippen molar-refractivity contribution < 1.29 is 22.8 Å². The van der Waals surface area contributed by atoms with E-state index in [2.05, 4.69) is 5.32 Å². The number of alkyl halides is 3. The molecule has 160 valence electrons. The predicted molar refractivity (Wildman–Crippen MR) is 108 cm³/mol. The zero-order valence-electron chi connectivity index (χ0n) is 16.1. The molecule has 3 rings (SSSR count). The first-order chi connectivity index (χ1) is 14.2. The predicted octanol–water partition coefficient (Wildman–Crippen LogP) is 4.15. The molecule has 0 saturated carbocycles. The summed E-state index contributed by atoms with van der Waals surface area (Å²) in [7, 11) is 0. The van der Waals surface area contributed by atoms with Crippen molar-refractivity contribution in [3.05, 3.63) is 64.7 Å². The molecule has 0 aromatic heterocycles. The van der Waals surface area contributed by atoms with Gasteiger partial charge in [0.15, 0.2) is 0 Å². The van der Waals surface area contributed by atoms with Gasteiger partial charge in [-0.1, -0.05) is 29.8 Å². The maximum Gasteiger partial charge on any atom is 0.417 e. The Bertz CT molecular complexity index is 912. The standard InChI is InChI=1S/C21H21ClF3N3O2/c22-15-4-3-5-16(14-15)26-19(29)8-9-27-10-12-28(13-11-27)20(30)17-6-1-2-7-18(17)21(23,24)25/h1-7,14H,8-13H2,(H,26,29). The summed E-state index contributed by atoms with van der Waals surface area (Å²) in [6.07, 6.45) is -4.32. The lowest BCUT2D eigenvalue weighted by Gasteiger charge is -2.35. The first kappa shape index (κ1) is 22.1. The van der Waals surface area contributed by atoms with Gasteiger partial charge in [-0.2, -0.15) is 13.2 Å². The summed E-state index contributed by atoms with van der Waals surface area (Å²) in [5, 5.41) is 3.30. The van der Waals surface area contributed by atoms with Crippen LogP contribution in [-0.4, -0.2) is 54.3 Å². The van der Waals surface area contributed by atoms with Gasteiger partial charge < -0.3 is 10.2 Å². The molecule has 1 heterocycles. The van der Waals surface area contributed by atoms with Crippen molar-refractivity contribution in [1.82, 2.24) is 9.80 Å². The summed E-state index contributed by atoms with van der Waals surface area (Å²) in [6, 6.07) is 11.7. The fourth-order valence-corrected chi connectivity index (χ4v) is 3.50. The van der Waals surface area contributed by atoms with Crippen LogP contribution >= 0.6 is 11.6 Å². The van der Waals surface area contributed by atoms with E-state index in [1.165, 1.54) is 23.1 Å². The summed E-state index contributed by atoms with van der Waals surface area (Å²) in [5.41, 5.74) is -0.638. The first-order valence-corrected chi connectivity index (χ1v) is 9.85. The van der Waals surface area contributed by atoms with E-state index in [4.69, 9.17) is 11.6 Å². The third-order valence-electron chi connectivity index (χ3n) is 4.89. The van der Waals surface area contributed by atoms with E-state index in [-0.39, 0.29) is 17.9 Å². The van der Waals surface area contributed by atoms with Gasteiger partial charge >= 0.3 is 6.18 Å². The van der Waals surface area contributed by atoms with Crippen LogP contribution in [0.3, 0.4) is 0 Å². The zero-order valence-corrected chi connectivity index (χ0v) is 16.8. The number of rotatable bonds is 5. The second-order valence-corrected chi connectivity index (χ2v) is 7.42. The molecule has 2 aromatic rings. The summed E-state index contributed by atoms with van der Waals surface area (Å²) in [6.45, 7) is 2.09. The van der Waals surface area contributed by atoms with Gasteiger partial charge in [-0.15, -0.1) is 0 Å². The molecule has 9 heteroatoms. The lowest BCUT2D eigenvalue weighted by Crippen LogP contribution is -2.49. The van der Waals surface area contributed by atoms with Crippen LogP contribution in [0.15, 0.2) is 48.5 Å². The van der Waals surface area contributed by atoms with Crippen molar-refractivity contribution in [2.24, 2.45) is 0 Å². The second kappa shape index (κ2) is 9.49. The Labute approximate surface area is 177 Å². The highest BCUT2D eigenvalue weighted by Gasteiger charge is 2.36. The van der Waals surface area contributed by atoms with E-state index in [1.807, 2.05) is 4.90 Å². The lowest BCUT2D eigenvalue weighted by atomic mass is 10.1. The van der Waals surface area contributed by atoms with Gasteiger partial charge in [0.2, 0.25) is 5.91 Å². The lowest BCUT2D eigenvalue weighted by molar-refractivity contribution is -0.138. The van der Waals surface area contributed by atoms with Crippen molar-refractivity contribution in [3.63, 3.8) is 0 Å². The number of nitrogens with zero attached hydrogens (tertiary/aromatic N) is 2. The van der Waals surface area contributed by atoms with E-state index in [9.17, 15) is 22.8 Å². The number of anilines is 1. The Kier molecular flexibility index (Phi) is 6.99. The first-order valence-electron chi connectivity index (χ1n) is 9.47. The third-order valence-corrected chi connectivity index (χ3v) is 5.12. The van der Waals surface area contributed by atoms with Gasteiger partial charge in [0.25, 0.3) is 5.91 Å². The van der Waals surface area contributed by atoms with Crippen molar-refractivity contribution >= 4 is 29.1 Å². The average molecular weight is 440 g/mol. The summed E-state index contributed by atoms with van der Waals surface area (Å²) in [5.74, 6) is -0.781. The molecule has 1 fully saturated rings. The van der Waals surface area contributed by atoms with Crippen molar-refractivity contribution in [3.8, 4) is 0 Å². The van der Waals surface area contributed by atoms with Gasteiger partial charge in [0, 0.05) is 49.9 Å². The molecule has 1 aliphatic rings. The summed E-state index contributed by atoms with van der Waals surface area (Å²) < 4.78 is 39.5. The second-order valence-electron chi connectivity index (χ2n) is 6.99. The molecular weight excluding hydrogens is 419 g/mol. The van der Waals surface area contributed by atoms with E-state index >= 15 is 0 Å². The number of nitrogens with one attached hydrogen (secondary N) is 1. The van der Waals surface area contributed by atoms with Crippen LogP contribution in [0.1, 0.15) is 22.3 Å². The smallest absolute Gasteiger partial charge is 0.336 e. The average Bonchev–Trinajstić information content (AvgIpc) is 2.71. The largest absolute Gasteiger partial charge is 0.417 e. The molecule has 2 amide bonds. The molecule has 1 saturated heterocycles. The van der Waals surface area contributed by atoms with E-state index in [0.29, 0.717) is 43.4 Å². The molecular formula is C21H21ClF3N3O2. The number of hydrogen-bond donors (Lipinski definition) is 1. The van der Waals surface area contributed by atoms with Crippen LogP contribution in [0.25, 0.3) is 0 Å². The third kappa shape index (κ3) is 5.73. The van der Waals surface area contributed by atoms with Crippen LogP contribution in [0.4, 0.5) is 18.9 Å². The van der Waals surface area contributed by atoms with Crippen LogP contribution in [0.2, 0.25) is 5.02 Å². The number of amides is 2. The van der Waals surface area contributed by atoms with Gasteiger partial charge in [-0.3, -0.25) is 14.5 Å². The molecule has 2 aromatic carbocycles. The molecule has 0 radical (unpaired) electrons. The van der Waals surface area contributed by atoms with Gasteiger partial charge in [-0.05, 0) is 30.3 Å². The maximum absolute atomic E-state index is 13.2. The van der Waals surface area contributed by atoms with Gasteiger partial charge in [-0.25, -0.2) is 0 Å². The fourth-order valence-electron chi connectivity index (χ4n) is 3.31. The van der Waals surface area contributed by atoms with Crippen LogP contribution in [-0.2, 0) is 11.0 Å². The number of halogens is 4. The minimum Gasteiger partial charge on any atom is -0.336 e. The minimum atomic E-state index is -4.58. The van der Waals surface area contributed by atoms with Crippen LogP contribution < -0.4 is 5.32 Å². The summed E-state index contributed by atoms with van der Waals surface area (Å²) in [4.78, 5) is 28.1. The molecule has 1 aliphatic heterocycles. The SMILES string of the molecule is O=C(CCN1CCN(C(=O)c2ccccc2C(F)(F)F)CC1)Nc1cccc(Cl)c1. The Morgan fingerprint density at radius 2 is 1.70 bits per heavy atom. The van der Waals surface area contributed by atoms with Gasteiger partial charge in [0.05, 0.1) is 11.1 Å². The number of carbonyl (C=O) groups excluding carboxylic acids is 2. The maximum atomic E-state index is 13.2. The quantitative estimate of drug-likeness (QED) is 0.761. The Balaban J connectivity index is 1.49. The van der Waals surface area contributed by atoms with Crippen molar-refractivity contribution in [2.75, 3.05) is 38.0 Å².